The molecule has 29 nitrogen and oxygen atoms in total. The predicted octanol–water partition coefficient (Wildman–Crippen LogP) is 5.66. The van der Waals surface area contributed by atoms with Crippen molar-refractivity contribution in [2.24, 2.45) is 16.8 Å². The third kappa shape index (κ3) is 21.6. The summed E-state index contributed by atoms with van der Waals surface area (Å²) in [5.74, 6) is -4.04. The molecule has 2 unspecified atom stereocenters. The van der Waals surface area contributed by atoms with E-state index in [-0.39, 0.29) is 111 Å². The van der Waals surface area contributed by atoms with Gasteiger partial charge in [-0.05, 0) is 143 Å². The molecule has 4 aromatic carbocycles. The molecule has 0 bridgehead atoms. The second-order valence-electron chi connectivity index (χ2n) is 26.2. The maximum absolute atomic E-state index is 14.0. The summed E-state index contributed by atoms with van der Waals surface area (Å²) in [5, 5.41) is 45.1. The minimum Gasteiger partial charge on any atom is -0.545 e. The fourth-order valence-corrected chi connectivity index (χ4v) is 14.2. The Morgan fingerprint density at radius 3 is 2.17 bits per heavy atom. The van der Waals surface area contributed by atoms with Crippen LogP contribution in [0.25, 0.3) is 16.1 Å². The number of rotatable bonds is 38. The Morgan fingerprint density at radius 2 is 1.46 bits per heavy atom. The number of hydrogen-bond acceptors (Lipinski definition) is 18. The molecule has 2 fully saturated rings. The highest BCUT2D eigenvalue weighted by atomic mass is 32.2. The zero-order valence-corrected chi connectivity index (χ0v) is 59.0. The van der Waals surface area contributed by atoms with Crippen LogP contribution in [0.15, 0.2) is 120 Å². The van der Waals surface area contributed by atoms with Gasteiger partial charge in [0.1, 0.15) is 37.7 Å². The average molecular weight is 1430 g/mol. The molecule has 9 rings (SSSR count). The summed E-state index contributed by atoms with van der Waals surface area (Å²) in [6, 6.07) is 20.9. The summed E-state index contributed by atoms with van der Waals surface area (Å²) in [5.41, 5.74) is 19.8. The predicted molar refractivity (Wildman–Crippen MR) is 383 cm³/mol. The molecule has 103 heavy (non-hydrogen) atoms. The summed E-state index contributed by atoms with van der Waals surface area (Å²) >= 11 is 1.82. The minimum atomic E-state index is -1.46. The average Bonchev–Trinajstić information content (AvgIpc) is 1.57. The quantitative estimate of drug-likeness (QED) is 0.00345. The molecule has 544 valence electrons. The topological polar surface area (TPSA) is 408 Å². The number of primary amides is 1. The number of benzene rings is 4. The number of carboxylic acids is 1. The fraction of sp³-hybridized carbons (Fsp3) is 0.438. The SMILES string of the molecule is CN(C)c1ccc2c(c1)OC1=CC(=[N+](C)C)C=CC1C2c1ccc(C(=O)NCCCC[C@H](NC(=O)CCCCNC(=O)CCCc2cn(-c3ccc(C(=O)COC(=O)CCCC[C@@H]4SC[C@@H]5NC(=O)N[C@@H]54)cc3)nn2)C(=O)N[C@@H](CCCCNC(=O)c2ccc(N=[N+]=[N-])cc2)C(N)=O)cc1C(=O)[O-]. The number of nitrogens with one attached hydrogen (secondary N) is 7. The van der Waals surface area contributed by atoms with E-state index < -0.39 is 53.6 Å². The number of nitrogens with zero attached hydrogens (tertiary/aromatic N) is 8. The van der Waals surface area contributed by atoms with E-state index in [1.54, 1.807) is 47.3 Å². The number of amides is 8. The van der Waals surface area contributed by atoms with Gasteiger partial charge in [0.25, 0.3) is 11.8 Å². The van der Waals surface area contributed by atoms with Gasteiger partial charge in [0.05, 0.1) is 35.6 Å². The van der Waals surface area contributed by atoms with Gasteiger partial charge in [0.15, 0.2) is 12.4 Å². The van der Waals surface area contributed by atoms with Gasteiger partial charge >= 0.3 is 12.0 Å². The number of hydrogen-bond donors (Lipinski definition) is 8. The monoisotopic (exact) mass is 1430 g/mol. The normalized spacial score (nSPS) is 17.4. The van der Waals surface area contributed by atoms with Crippen molar-refractivity contribution in [2.45, 2.75) is 138 Å². The molecule has 4 heterocycles. The molecular weight excluding hydrogens is 1340 g/mol. The highest BCUT2D eigenvalue weighted by Crippen LogP contribution is 2.49. The highest BCUT2D eigenvalue weighted by molar-refractivity contribution is 8.00. The number of urea groups is 1. The fourth-order valence-electron chi connectivity index (χ4n) is 12.6. The van der Waals surface area contributed by atoms with E-state index in [4.69, 9.17) is 20.7 Å². The highest BCUT2D eigenvalue weighted by Gasteiger charge is 2.43. The first-order valence-electron chi connectivity index (χ1n) is 34.7. The van der Waals surface area contributed by atoms with Crippen molar-refractivity contribution in [3.63, 3.8) is 0 Å². The van der Waals surface area contributed by atoms with Crippen molar-refractivity contribution in [1.29, 1.82) is 0 Å². The first kappa shape index (κ1) is 76.3. The van der Waals surface area contributed by atoms with Crippen LogP contribution in [-0.4, -0.2) is 174 Å². The Hall–Kier alpha value is -10.9. The molecule has 0 radical (unpaired) electrons. The van der Waals surface area contributed by atoms with E-state index in [1.165, 1.54) is 30.3 Å². The van der Waals surface area contributed by atoms with E-state index in [2.05, 4.69) is 57.6 Å². The summed E-state index contributed by atoms with van der Waals surface area (Å²) in [6.07, 6.45) is 13.7. The lowest BCUT2D eigenvalue weighted by molar-refractivity contribution is -0.462. The zero-order valence-electron chi connectivity index (χ0n) is 58.2. The van der Waals surface area contributed by atoms with Crippen molar-refractivity contribution < 1.29 is 67.1 Å². The van der Waals surface area contributed by atoms with E-state index in [9.17, 15) is 53.1 Å². The number of ether oxygens (including phenoxy) is 2. The first-order valence-corrected chi connectivity index (χ1v) is 35.7. The number of Topliss-reactive ketones (excluding diaryl/α,β-unsaturated/α-hetero) is 1. The van der Waals surface area contributed by atoms with Crippen LogP contribution in [0.2, 0.25) is 0 Å². The molecule has 5 aromatic rings. The maximum atomic E-state index is 14.0. The lowest BCUT2D eigenvalue weighted by Crippen LogP contribution is -2.53. The van der Waals surface area contributed by atoms with Gasteiger partial charge in [-0.25, -0.2) is 14.1 Å². The molecule has 9 N–H and O–H groups in total. The molecule has 2 saturated heterocycles. The lowest BCUT2D eigenvalue weighted by atomic mass is 9.74. The number of aryl methyl sites for hydroxylation is 1. The molecule has 1 aromatic heterocycles. The molecule has 8 amide bonds. The third-order valence-corrected chi connectivity index (χ3v) is 19.8. The number of carbonyl (C=O) groups is 10. The van der Waals surface area contributed by atoms with Gasteiger partial charge in [-0.15, -0.1) is 5.10 Å². The Bertz CT molecular complexity index is 4090. The second kappa shape index (κ2) is 37.2. The number of allylic oxidation sites excluding steroid dienone is 3. The standard InChI is InChI=1S/C73H88N16O13S/c1-87(2)50-30-33-53-60(39-50)102-61-40-51(88(3)4)31-34-54(61)66(53)52-32-25-46(38-55(52)72(98)99)70(96)78-37-11-8-16-57(71(97)80-56(68(74)94)15-7-10-36-77-69(95)45-21-26-47(27-22-45)83-85-75)79-64(92)18-9-12-35-76-63(91)19-13-14-48-41-89(86-84-48)49-28-23-44(24-29-49)59(90)42-101-65(93)20-6-5-17-62-67-58(43-103-62)81-73(100)82-67/h21-34,38-41,53,56-58,62,66-67H,5-20,35-37,42-43H2,1-4H3,(H9-,74,76,77,78,79,80,81,82,91,92,94,95,96,97,98,99,100)/t53?,56-,57-,58-,62-,66?,67-/m0/s1. The van der Waals surface area contributed by atoms with Crippen molar-refractivity contribution in [2.75, 3.05) is 65.1 Å². The number of aromatic carboxylic acids is 1. The van der Waals surface area contributed by atoms with Crippen LogP contribution in [0, 0.1) is 5.92 Å². The van der Waals surface area contributed by atoms with Gasteiger partial charge < -0.3 is 67.2 Å². The number of esters is 1. The van der Waals surface area contributed by atoms with E-state index in [1.807, 2.05) is 85.9 Å². The van der Waals surface area contributed by atoms with Crippen LogP contribution < -0.4 is 57.7 Å². The van der Waals surface area contributed by atoms with Crippen molar-refractivity contribution in [3.05, 3.63) is 165 Å². The number of thioether (sulfide) groups is 1. The Balaban J connectivity index is 0.716. The van der Waals surface area contributed by atoms with Gasteiger partial charge in [-0.1, -0.05) is 47.1 Å². The molecule has 0 spiro atoms. The van der Waals surface area contributed by atoms with Crippen molar-refractivity contribution >= 4 is 88.0 Å². The van der Waals surface area contributed by atoms with Crippen LogP contribution >= 0.6 is 11.8 Å². The summed E-state index contributed by atoms with van der Waals surface area (Å²) < 4.78 is 15.3. The van der Waals surface area contributed by atoms with E-state index in [0.717, 1.165) is 35.6 Å². The van der Waals surface area contributed by atoms with Gasteiger partial charge in [-0.3, -0.25) is 38.4 Å². The van der Waals surface area contributed by atoms with Gasteiger partial charge in [0.2, 0.25) is 29.3 Å². The summed E-state index contributed by atoms with van der Waals surface area (Å²) in [4.78, 5) is 134. The van der Waals surface area contributed by atoms with Crippen LogP contribution in [0.5, 0.6) is 5.75 Å². The number of aromatic nitrogens is 3. The largest absolute Gasteiger partial charge is 0.545 e. The molecule has 1 aliphatic carbocycles. The smallest absolute Gasteiger partial charge is 0.315 e. The van der Waals surface area contributed by atoms with Gasteiger partial charge in [-0.2, -0.15) is 11.8 Å². The van der Waals surface area contributed by atoms with Crippen molar-refractivity contribution in [1.82, 2.24) is 52.2 Å². The van der Waals surface area contributed by atoms with E-state index in [0.29, 0.717) is 108 Å². The third-order valence-electron chi connectivity index (χ3n) is 18.3. The first-order chi connectivity index (χ1) is 49.6. The number of unbranched alkanes of at least 4 members (excludes halogenated alkanes) is 4. The molecule has 3 aliphatic heterocycles. The Morgan fingerprint density at radius 1 is 0.786 bits per heavy atom. The van der Waals surface area contributed by atoms with Crippen LogP contribution in [0.1, 0.15) is 160 Å². The van der Waals surface area contributed by atoms with Gasteiger partial charge in [0, 0.05) is 138 Å². The number of carbonyl (C=O) groups excluding carboxylic acids is 10. The molecule has 0 saturated carbocycles. The Labute approximate surface area is 600 Å². The van der Waals surface area contributed by atoms with E-state index >= 15 is 0 Å². The second-order valence-corrected chi connectivity index (χ2v) is 27.4. The van der Waals surface area contributed by atoms with Crippen LogP contribution in [0.4, 0.5) is 16.2 Å². The maximum Gasteiger partial charge on any atom is 0.315 e. The minimum absolute atomic E-state index is 0.00376. The molecule has 30 heteroatoms. The summed E-state index contributed by atoms with van der Waals surface area (Å²) in [6.45, 7) is 0.261. The Kier molecular flexibility index (Phi) is 27.5. The number of anilines is 1. The molecule has 4 aliphatic rings. The number of carboxylic acid groups (broad SMARTS) is 1. The lowest BCUT2D eigenvalue weighted by Gasteiger charge is -2.36. The zero-order chi connectivity index (χ0) is 73.5. The molecular formula is C73H88N16O13S. The van der Waals surface area contributed by atoms with Crippen LogP contribution in [-0.2, 0) is 35.1 Å². The summed E-state index contributed by atoms with van der Waals surface area (Å²) in [7, 11) is 7.66. The number of ketones is 1. The van der Waals surface area contributed by atoms with Crippen molar-refractivity contribution in [3.8, 4) is 11.4 Å². The number of fused-ring (bicyclic) bond motifs is 3. The van der Waals surface area contributed by atoms with Crippen LogP contribution in [0.3, 0.4) is 0 Å². The number of nitrogens with two attached hydrogens (primary N) is 1. The molecule has 7 atom stereocenters. The number of azide groups is 1.